The number of hydrogen-bond acceptors (Lipinski definition) is 6. The highest BCUT2D eigenvalue weighted by Crippen LogP contribution is 2.28. The number of sulfone groups is 1. The zero-order valence-electron chi connectivity index (χ0n) is 10.8. The van der Waals surface area contributed by atoms with Crippen molar-refractivity contribution in [2.75, 3.05) is 24.8 Å². The predicted molar refractivity (Wildman–Crippen MR) is 71.0 cm³/mol. The van der Waals surface area contributed by atoms with Gasteiger partial charge in [0, 0.05) is 0 Å². The number of rotatable bonds is 6. The standard InChI is InChI=1S/C12H14N2O5S/c1-19-11-3-2-9(20(17,18)7-6-15)8-10(11)14-12(16)4-5-13/h2-3,8,15H,4,6-7H2,1H3,(H,14,16). The van der Waals surface area contributed by atoms with Crippen LogP contribution >= 0.6 is 0 Å². The Kier molecular flexibility index (Phi) is 5.49. The number of carbonyl (C=O) groups excluding carboxylic acids is 1. The van der Waals surface area contributed by atoms with Gasteiger partial charge in [0.05, 0.1) is 36.1 Å². The number of methoxy groups -OCH3 is 1. The van der Waals surface area contributed by atoms with Crippen LogP contribution in [-0.2, 0) is 14.6 Å². The molecule has 7 nitrogen and oxygen atoms in total. The Morgan fingerprint density at radius 2 is 2.20 bits per heavy atom. The average molecular weight is 298 g/mol. The minimum Gasteiger partial charge on any atom is -0.495 e. The van der Waals surface area contributed by atoms with Crippen LogP contribution in [0.25, 0.3) is 0 Å². The number of anilines is 1. The van der Waals surface area contributed by atoms with Gasteiger partial charge in [0.15, 0.2) is 9.84 Å². The van der Waals surface area contributed by atoms with Crippen molar-refractivity contribution in [1.29, 1.82) is 5.26 Å². The van der Waals surface area contributed by atoms with Crippen molar-refractivity contribution in [3.8, 4) is 11.8 Å². The van der Waals surface area contributed by atoms with E-state index in [4.69, 9.17) is 15.1 Å². The van der Waals surface area contributed by atoms with Gasteiger partial charge in [-0.1, -0.05) is 0 Å². The summed E-state index contributed by atoms with van der Waals surface area (Å²) in [4.78, 5) is 11.3. The summed E-state index contributed by atoms with van der Waals surface area (Å²) in [6.45, 7) is -0.496. The molecule has 0 saturated carbocycles. The number of nitrogens with zero attached hydrogens (tertiary/aromatic N) is 1. The summed E-state index contributed by atoms with van der Waals surface area (Å²) in [5, 5.41) is 19.6. The molecule has 0 saturated heterocycles. The van der Waals surface area contributed by atoms with Crippen molar-refractivity contribution < 1.29 is 23.1 Å². The number of ether oxygens (including phenoxy) is 1. The predicted octanol–water partition coefficient (Wildman–Crippen LogP) is 0.313. The molecule has 1 aromatic rings. The molecule has 0 aliphatic rings. The molecule has 1 amide bonds. The summed E-state index contributed by atoms with van der Waals surface area (Å²) in [6.07, 6.45) is -0.350. The van der Waals surface area contributed by atoms with Gasteiger partial charge in [-0.2, -0.15) is 5.26 Å². The zero-order valence-corrected chi connectivity index (χ0v) is 11.6. The van der Waals surface area contributed by atoms with E-state index >= 15 is 0 Å². The number of hydrogen-bond donors (Lipinski definition) is 2. The molecule has 1 aromatic carbocycles. The first kappa shape index (κ1) is 15.9. The summed E-state index contributed by atoms with van der Waals surface area (Å²) in [6, 6.07) is 5.64. The topological polar surface area (TPSA) is 116 Å². The molecule has 0 atom stereocenters. The number of benzene rings is 1. The van der Waals surface area contributed by atoms with Crippen LogP contribution in [0.1, 0.15) is 6.42 Å². The maximum absolute atomic E-state index is 11.8. The van der Waals surface area contributed by atoms with E-state index in [1.807, 2.05) is 0 Å². The molecule has 0 bridgehead atoms. The molecule has 0 radical (unpaired) electrons. The number of amides is 1. The smallest absolute Gasteiger partial charge is 0.238 e. The number of aliphatic hydroxyl groups excluding tert-OH is 1. The Hall–Kier alpha value is -2.11. The largest absolute Gasteiger partial charge is 0.495 e. The highest BCUT2D eigenvalue weighted by atomic mass is 32.2. The second-order valence-corrected chi connectivity index (χ2v) is 5.90. The third-order valence-corrected chi connectivity index (χ3v) is 4.10. The Balaban J connectivity index is 3.16. The molecule has 2 N–H and O–H groups in total. The highest BCUT2D eigenvalue weighted by molar-refractivity contribution is 7.91. The first-order chi connectivity index (χ1) is 9.44. The van der Waals surface area contributed by atoms with Crippen molar-refractivity contribution >= 4 is 21.4 Å². The van der Waals surface area contributed by atoms with Crippen LogP contribution < -0.4 is 10.1 Å². The summed E-state index contributed by atoms with van der Waals surface area (Å²) >= 11 is 0. The van der Waals surface area contributed by atoms with Crippen LogP contribution in [0, 0.1) is 11.3 Å². The number of aliphatic hydroxyl groups is 1. The van der Waals surface area contributed by atoms with Crippen molar-refractivity contribution in [2.45, 2.75) is 11.3 Å². The lowest BCUT2D eigenvalue weighted by Crippen LogP contribution is -2.13. The summed E-state index contributed by atoms with van der Waals surface area (Å²) in [7, 11) is -2.26. The molecule has 0 unspecified atom stereocenters. The van der Waals surface area contributed by atoms with Gasteiger partial charge in [0.2, 0.25) is 5.91 Å². The Morgan fingerprint density at radius 1 is 1.50 bits per heavy atom. The Bertz CT molecular complexity index is 634. The maximum Gasteiger partial charge on any atom is 0.238 e. The van der Waals surface area contributed by atoms with Crippen LogP contribution in [0.5, 0.6) is 5.75 Å². The molecule has 0 aromatic heterocycles. The van der Waals surface area contributed by atoms with E-state index in [1.165, 1.54) is 25.3 Å². The molecule has 8 heteroatoms. The van der Waals surface area contributed by atoms with Gasteiger partial charge in [-0.05, 0) is 18.2 Å². The fourth-order valence-corrected chi connectivity index (χ4v) is 2.53. The molecular weight excluding hydrogens is 284 g/mol. The van der Waals surface area contributed by atoms with Crippen LogP contribution in [0.15, 0.2) is 23.1 Å². The summed E-state index contributed by atoms with van der Waals surface area (Å²) in [5.41, 5.74) is 0.159. The SMILES string of the molecule is COc1ccc(S(=O)(=O)CCO)cc1NC(=O)CC#N. The average Bonchev–Trinajstić information content (AvgIpc) is 2.38. The Morgan fingerprint density at radius 3 is 2.75 bits per heavy atom. The fourth-order valence-electron chi connectivity index (χ4n) is 1.48. The maximum atomic E-state index is 11.8. The van der Waals surface area contributed by atoms with E-state index in [0.29, 0.717) is 0 Å². The highest BCUT2D eigenvalue weighted by Gasteiger charge is 2.17. The van der Waals surface area contributed by atoms with Gasteiger partial charge < -0.3 is 15.2 Å². The monoisotopic (exact) mass is 298 g/mol. The second kappa shape index (κ2) is 6.88. The molecule has 0 fully saturated rings. The zero-order chi connectivity index (χ0) is 15.2. The normalized spacial score (nSPS) is 10.7. The molecular formula is C12H14N2O5S. The van der Waals surface area contributed by atoms with Crippen LogP contribution in [0.2, 0.25) is 0 Å². The van der Waals surface area contributed by atoms with E-state index in [0.717, 1.165) is 0 Å². The molecule has 0 aliphatic carbocycles. The van der Waals surface area contributed by atoms with Crippen molar-refractivity contribution in [3.63, 3.8) is 0 Å². The Labute approximate surface area is 116 Å². The van der Waals surface area contributed by atoms with Gasteiger partial charge in [0.25, 0.3) is 0 Å². The third-order valence-electron chi connectivity index (χ3n) is 2.40. The third kappa shape index (κ3) is 3.94. The lowest BCUT2D eigenvalue weighted by atomic mass is 10.3. The number of nitrogens with one attached hydrogen (secondary N) is 1. The van der Waals surface area contributed by atoms with Gasteiger partial charge in [-0.25, -0.2) is 8.42 Å². The van der Waals surface area contributed by atoms with E-state index < -0.39 is 28.1 Å². The molecule has 0 spiro atoms. The first-order valence-corrected chi connectivity index (χ1v) is 7.28. The van der Waals surface area contributed by atoms with Gasteiger partial charge in [0.1, 0.15) is 12.2 Å². The van der Waals surface area contributed by atoms with E-state index in [-0.39, 0.29) is 22.8 Å². The minimum atomic E-state index is -3.63. The summed E-state index contributed by atoms with van der Waals surface area (Å²) in [5.74, 6) is -0.702. The molecule has 20 heavy (non-hydrogen) atoms. The second-order valence-electron chi connectivity index (χ2n) is 3.79. The molecule has 108 valence electrons. The van der Waals surface area contributed by atoms with Gasteiger partial charge in [-0.3, -0.25) is 4.79 Å². The minimum absolute atomic E-state index is 0.0420. The molecule has 0 aliphatic heterocycles. The van der Waals surface area contributed by atoms with Gasteiger partial charge in [-0.15, -0.1) is 0 Å². The van der Waals surface area contributed by atoms with Crippen LogP contribution in [0.3, 0.4) is 0 Å². The molecule has 1 rings (SSSR count). The summed E-state index contributed by atoms with van der Waals surface area (Å²) < 4.78 is 28.7. The first-order valence-electron chi connectivity index (χ1n) is 5.63. The van der Waals surface area contributed by atoms with E-state index in [2.05, 4.69) is 5.32 Å². The number of carbonyl (C=O) groups is 1. The van der Waals surface area contributed by atoms with Crippen LogP contribution in [0.4, 0.5) is 5.69 Å². The van der Waals surface area contributed by atoms with E-state index in [1.54, 1.807) is 6.07 Å². The van der Waals surface area contributed by atoms with E-state index in [9.17, 15) is 13.2 Å². The lowest BCUT2D eigenvalue weighted by molar-refractivity contribution is -0.115. The van der Waals surface area contributed by atoms with Crippen molar-refractivity contribution in [2.24, 2.45) is 0 Å². The molecule has 0 heterocycles. The van der Waals surface area contributed by atoms with Gasteiger partial charge >= 0.3 is 0 Å². The van der Waals surface area contributed by atoms with Crippen LogP contribution in [-0.4, -0.2) is 38.9 Å². The lowest BCUT2D eigenvalue weighted by Gasteiger charge is -2.11. The van der Waals surface area contributed by atoms with Crippen molar-refractivity contribution in [3.05, 3.63) is 18.2 Å². The fraction of sp³-hybridized carbons (Fsp3) is 0.333. The quantitative estimate of drug-likeness (QED) is 0.781. The number of nitriles is 1. The van der Waals surface area contributed by atoms with Crippen molar-refractivity contribution in [1.82, 2.24) is 0 Å².